The lowest BCUT2D eigenvalue weighted by Crippen LogP contribution is -2.20. The largest absolute Gasteiger partial charge is 0.369 e. The monoisotopic (exact) mass is 326 g/mol. The van der Waals surface area contributed by atoms with Crippen LogP contribution in [0.3, 0.4) is 0 Å². The van der Waals surface area contributed by atoms with E-state index in [9.17, 15) is 4.79 Å². The number of fused-ring (bicyclic) bond motifs is 4. The van der Waals surface area contributed by atoms with Gasteiger partial charge in [0.15, 0.2) is 11.5 Å². The highest BCUT2D eigenvalue weighted by molar-refractivity contribution is 5.99. The molecule has 4 aromatic rings. The predicted octanol–water partition coefficient (Wildman–Crippen LogP) is 2.99. The Bertz CT molecular complexity index is 1110. The second kappa shape index (κ2) is 5.01. The van der Waals surface area contributed by atoms with Gasteiger partial charge in [-0.05, 0) is 34.4 Å². The van der Waals surface area contributed by atoms with E-state index in [0.29, 0.717) is 5.82 Å². The van der Waals surface area contributed by atoms with Crippen LogP contribution in [0.1, 0.15) is 17.0 Å². The van der Waals surface area contributed by atoms with Crippen molar-refractivity contribution < 1.29 is 4.79 Å². The summed E-state index contributed by atoms with van der Waals surface area (Å²) in [6.45, 7) is 0. The van der Waals surface area contributed by atoms with Crippen molar-refractivity contribution in [3.05, 3.63) is 78.0 Å². The number of pyridine rings is 1. The molecule has 0 saturated carbocycles. The molecular formula is C20H14N4O. The fraction of sp³-hybridized carbons (Fsp3) is 0.0500. The molecular weight excluding hydrogens is 312 g/mol. The highest BCUT2D eigenvalue weighted by Crippen LogP contribution is 2.48. The summed E-state index contributed by atoms with van der Waals surface area (Å²) >= 11 is 0. The van der Waals surface area contributed by atoms with Crippen molar-refractivity contribution in [1.29, 1.82) is 0 Å². The number of aromatic nitrogens is 3. The molecule has 2 N–H and O–H groups in total. The summed E-state index contributed by atoms with van der Waals surface area (Å²) in [6, 6.07) is 19.5. The molecule has 0 bridgehead atoms. The topological polar surface area (TPSA) is 73.3 Å². The van der Waals surface area contributed by atoms with Crippen LogP contribution in [0.4, 0.5) is 0 Å². The summed E-state index contributed by atoms with van der Waals surface area (Å²) in [6.07, 6.45) is 1.87. The minimum Gasteiger partial charge on any atom is -0.369 e. The number of amides is 1. The molecule has 0 aliphatic heterocycles. The number of rotatable bonds is 2. The Morgan fingerprint density at radius 1 is 0.920 bits per heavy atom. The average Bonchev–Trinajstić information content (AvgIpc) is 3.20. The fourth-order valence-corrected chi connectivity index (χ4v) is 3.69. The molecule has 0 spiro atoms. The van der Waals surface area contributed by atoms with Gasteiger partial charge in [0.05, 0.1) is 5.92 Å². The van der Waals surface area contributed by atoms with Crippen LogP contribution in [0.2, 0.25) is 0 Å². The standard InChI is InChI=1S/C20H14N4O/c21-19(25)18-13-7-2-1-6-12(13)17-14(18)8-5-9-15(17)20-22-16-10-3-4-11-24(16)23-20/h1-11,18H,(H2,21,25)/t18-/m1/s1. The Labute approximate surface area is 143 Å². The maximum Gasteiger partial charge on any atom is 0.229 e. The van der Waals surface area contributed by atoms with Crippen molar-refractivity contribution in [2.75, 3.05) is 0 Å². The van der Waals surface area contributed by atoms with Crippen LogP contribution >= 0.6 is 0 Å². The minimum absolute atomic E-state index is 0.341. The molecule has 1 aliphatic carbocycles. The SMILES string of the molecule is NC(=O)[C@@H]1c2ccccc2-c2c(-c3nc4ccccn4n3)cccc21. The lowest BCUT2D eigenvalue weighted by Gasteiger charge is -2.09. The number of primary amides is 1. The van der Waals surface area contributed by atoms with E-state index in [1.165, 1.54) is 0 Å². The molecule has 2 aromatic carbocycles. The van der Waals surface area contributed by atoms with Gasteiger partial charge < -0.3 is 5.73 Å². The van der Waals surface area contributed by atoms with Gasteiger partial charge in [-0.15, -0.1) is 5.10 Å². The average molecular weight is 326 g/mol. The molecule has 5 rings (SSSR count). The van der Waals surface area contributed by atoms with Crippen molar-refractivity contribution >= 4 is 11.6 Å². The Morgan fingerprint density at radius 3 is 2.52 bits per heavy atom. The Kier molecular flexibility index (Phi) is 2.79. The summed E-state index contributed by atoms with van der Waals surface area (Å²) in [5.74, 6) is -0.127. The number of nitrogens with two attached hydrogens (primary N) is 1. The second-order valence-corrected chi connectivity index (χ2v) is 6.13. The number of nitrogens with zero attached hydrogens (tertiary/aromatic N) is 3. The molecule has 5 heteroatoms. The van der Waals surface area contributed by atoms with Crippen LogP contribution < -0.4 is 5.73 Å². The van der Waals surface area contributed by atoms with Crippen LogP contribution in [0.25, 0.3) is 28.2 Å². The minimum atomic E-state index is -0.428. The second-order valence-electron chi connectivity index (χ2n) is 6.13. The first-order chi connectivity index (χ1) is 12.2. The summed E-state index contributed by atoms with van der Waals surface area (Å²) < 4.78 is 1.75. The zero-order valence-electron chi connectivity index (χ0n) is 13.3. The highest BCUT2D eigenvalue weighted by Gasteiger charge is 2.34. The molecule has 0 unspecified atom stereocenters. The molecule has 25 heavy (non-hydrogen) atoms. The molecule has 1 atom stereocenters. The predicted molar refractivity (Wildman–Crippen MR) is 94.9 cm³/mol. The molecule has 0 radical (unpaired) electrons. The smallest absolute Gasteiger partial charge is 0.229 e. The highest BCUT2D eigenvalue weighted by atomic mass is 16.1. The molecule has 2 heterocycles. The lowest BCUT2D eigenvalue weighted by atomic mass is 9.95. The Morgan fingerprint density at radius 2 is 1.68 bits per heavy atom. The number of benzene rings is 2. The van der Waals surface area contributed by atoms with Gasteiger partial charge >= 0.3 is 0 Å². The van der Waals surface area contributed by atoms with E-state index in [2.05, 4.69) is 10.1 Å². The summed E-state index contributed by atoms with van der Waals surface area (Å²) in [4.78, 5) is 16.7. The number of carbonyl (C=O) groups is 1. The van der Waals surface area contributed by atoms with Crippen molar-refractivity contribution in [3.63, 3.8) is 0 Å². The maximum absolute atomic E-state index is 12.1. The van der Waals surface area contributed by atoms with Gasteiger partial charge in [0.25, 0.3) is 0 Å². The van der Waals surface area contributed by atoms with E-state index >= 15 is 0 Å². The van der Waals surface area contributed by atoms with Gasteiger partial charge in [-0.1, -0.05) is 48.5 Å². The van der Waals surface area contributed by atoms with E-state index in [1.807, 2.05) is 66.9 Å². The lowest BCUT2D eigenvalue weighted by molar-refractivity contribution is -0.118. The molecule has 120 valence electrons. The Hall–Kier alpha value is -3.47. The number of hydrogen-bond donors (Lipinski definition) is 1. The molecule has 0 fully saturated rings. The van der Waals surface area contributed by atoms with Gasteiger partial charge in [0.2, 0.25) is 5.91 Å². The normalized spacial score (nSPS) is 15.1. The van der Waals surface area contributed by atoms with Crippen LogP contribution in [0.5, 0.6) is 0 Å². The number of carbonyl (C=O) groups excluding carboxylic acids is 1. The third-order valence-corrected chi connectivity index (χ3v) is 4.72. The van der Waals surface area contributed by atoms with E-state index in [0.717, 1.165) is 33.5 Å². The van der Waals surface area contributed by atoms with Crippen LogP contribution in [-0.4, -0.2) is 20.5 Å². The van der Waals surface area contributed by atoms with Crippen molar-refractivity contribution in [3.8, 4) is 22.5 Å². The molecule has 0 saturated heterocycles. The van der Waals surface area contributed by atoms with Gasteiger partial charge in [-0.2, -0.15) is 0 Å². The first-order valence-corrected chi connectivity index (χ1v) is 8.07. The van der Waals surface area contributed by atoms with E-state index in [1.54, 1.807) is 4.52 Å². The van der Waals surface area contributed by atoms with Crippen molar-refractivity contribution in [2.45, 2.75) is 5.92 Å². The van der Waals surface area contributed by atoms with E-state index < -0.39 is 5.92 Å². The van der Waals surface area contributed by atoms with Gasteiger partial charge in [0.1, 0.15) is 0 Å². The number of hydrogen-bond acceptors (Lipinski definition) is 3. The fourth-order valence-electron chi connectivity index (χ4n) is 3.69. The quantitative estimate of drug-likeness (QED) is 0.615. The first-order valence-electron chi connectivity index (χ1n) is 8.07. The van der Waals surface area contributed by atoms with E-state index in [-0.39, 0.29) is 5.91 Å². The third kappa shape index (κ3) is 1.92. The van der Waals surface area contributed by atoms with Crippen LogP contribution in [0.15, 0.2) is 66.9 Å². The van der Waals surface area contributed by atoms with Crippen molar-refractivity contribution in [1.82, 2.24) is 14.6 Å². The summed E-state index contributed by atoms with van der Waals surface area (Å²) in [5, 5.41) is 4.59. The molecule has 1 aliphatic rings. The zero-order valence-corrected chi connectivity index (χ0v) is 13.3. The van der Waals surface area contributed by atoms with Crippen LogP contribution in [0, 0.1) is 0 Å². The third-order valence-electron chi connectivity index (χ3n) is 4.72. The van der Waals surface area contributed by atoms with Gasteiger partial charge in [-0.3, -0.25) is 4.79 Å². The summed E-state index contributed by atoms with van der Waals surface area (Å²) in [5.41, 5.74) is 11.3. The maximum atomic E-state index is 12.1. The molecule has 5 nitrogen and oxygen atoms in total. The van der Waals surface area contributed by atoms with Gasteiger partial charge in [0, 0.05) is 11.8 Å². The summed E-state index contributed by atoms with van der Waals surface area (Å²) in [7, 11) is 0. The first kappa shape index (κ1) is 13.9. The molecule has 2 aromatic heterocycles. The van der Waals surface area contributed by atoms with Gasteiger partial charge in [-0.25, -0.2) is 9.50 Å². The van der Waals surface area contributed by atoms with E-state index in [4.69, 9.17) is 5.73 Å². The molecule has 1 amide bonds. The zero-order chi connectivity index (χ0) is 17.0. The van der Waals surface area contributed by atoms with Crippen LogP contribution in [-0.2, 0) is 4.79 Å². The Balaban J connectivity index is 1.82. The van der Waals surface area contributed by atoms with Crippen molar-refractivity contribution in [2.24, 2.45) is 5.73 Å².